The molecule has 0 radical (unpaired) electrons. The van der Waals surface area contributed by atoms with Crippen LogP contribution in [0.15, 0.2) is 6.20 Å². The second kappa shape index (κ2) is 4.39. The molecule has 0 unspecified atom stereocenters. The van der Waals surface area contributed by atoms with E-state index in [0.717, 1.165) is 23.3 Å². The van der Waals surface area contributed by atoms with Crippen LogP contribution < -0.4 is 0 Å². The van der Waals surface area contributed by atoms with E-state index in [1.54, 1.807) is 0 Å². The van der Waals surface area contributed by atoms with Crippen LogP contribution in [0.1, 0.15) is 37.9 Å². The molecule has 0 saturated carbocycles. The van der Waals surface area contributed by atoms with E-state index in [-0.39, 0.29) is 5.41 Å². The molecule has 0 aliphatic rings. The molecule has 1 rings (SSSR count). The van der Waals surface area contributed by atoms with Crippen LogP contribution in [0.5, 0.6) is 0 Å². The van der Waals surface area contributed by atoms with Crippen molar-refractivity contribution < 1.29 is 0 Å². The maximum Gasteiger partial charge on any atom is 0.129 e. The van der Waals surface area contributed by atoms with Gasteiger partial charge in [0.15, 0.2) is 0 Å². The predicted molar refractivity (Wildman–Crippen MR) is 62.6 cm³/mol. The average molecular weight is 257 g/mol. The van der Waals surface area contributed by atoms with Crippen molar-refractivity contribution in [3.63, 3.8) is 0 Å². The standard InChI is InChI=1S/C11H17BrN2/c1-8-9(6-12)7-13-10(14-8)5-11(2,3)4/h7H,5-6H2,1-4H3. The Kier molecular flexibility index (Phi) is 3.65. The molecule has 0 amide bonds. The van der Waals surface area contributed by atoms with Crippen LogP contribution in [0, 0.1) is 12.3 Å². The van der Waals surface area contributed by atoms with Gasteiger partial charge in [-0.15, -0.1) is 0 Å². The number of hydrogen-bond donors (Lipinski definition) is 0. The first kappa shape index (κ1) is 11.6. The number of aromatic nitrogens is 2. The van der Waals surface area contributed by atoms with Crippen LogP contribution in [0.2, 0.25) is 0 Å². The molecule has 0 atom stereocenters. The summed E-state index contributed by atoms with van der Waals surface area (Å²) in [5.41, 5.74) is 2.50. The molecule has 0 N–H and O–H groups in total. The van der Waals surface area contributed by atoms with Gasteiger partial charge in [0.25, 0.3) is 0 Å². The maximum absolute atomic E-state index is 4.49. The minimum Gasteiger partial charge on any atom is -0.241 e. The number of rotatable bonds is 2. The number of halogens is 1. The van der Waals surface area contributed by atoms with Crippen molar-refractivity contribution in [2.75, 3.05) is 0 Å². The summed E-state index contributed by atoms with van der Waals surface area (Å²) in [5.74, 6) is 0.944. The Hall–Kier alpha value is -0.440. The van der Waals surface area contributed by atoms with Gasteiger partial charge in [-0.1, -0.05) is 36.7 Å². The summed E-state index contributed by atoms with van der Waals surface area (Å²) in [5, 5.41) is 0.828. The zero-order valence-electron chi connectivity index (χ0n) is 9.26. The van der Waals surface area contributed by atoms with Crippen molar-refractivity contribution >= 4 is 15.9 Å². The lowest BCUT2D eigenvalue weighted by atomic mass is 9.92. The molecule has 0 aliphatic heterocycles. The van der Waals surface area contributed by atoms with E-state index in [2.05, 4.69) is 46.7 Å². The summed E-state index contributed by atoms with van der Waals surface area (Å²) in [6.07, 6.45) is 2.84. The van der Waals surface area contributed by atoms with Crippen LogP contribution >= 0.6 is 15.9 Å². The van der Waals surface area contributed by atoms with Gasteiger partial charge in [0.2, 0.25) is 0 Å². The van der Waals surface area contributed by atoms with Crippen LogP contribution in [0.3, 0.4) is 0 Å². The number of aryl methyl sites for hydroxylation is 1. The lowest BCUT2D eigenvalue weighted by molar-refractivity contribution is 0.400. The third-order valence-corrected chi connectivity index (χ3v) is 2.57. The van der Waals surface area contributed by atoms with Crippen LogP contribution in [-0.4, -0.2) is 9.97 Å². The van der Waals surface area contributed by atoms with Gasteiger partial charge in [-0.25, -0.2) is 9.97 Å². The minimum absolute atomic E-state index is 0.252. The Bertz CT molecular complexity index is 316. The molecular formula is C11H17BrN2. The third-order valence-electron chi connectivity index (χ3n) is 1.96. The van der Waals surface area contributed by atoms with Gasteiger partial charge in [-0.05, 0) is 12.3 Å². The molecule has 3 heteroatoms. The first-order chi connectivity index (χ1) is 6.42. The molecule has 0 aromatic carbocycles. The van der Waals surface area contributed by atoms with E-state index in [4.69, 9.17) is 0 Å². The molecule has 14 heavy (non-hydrogen) atoms. The molecule has 2 nitrogen and oxygen atoms in total. The highest BCUT2D eigenvalue weighted by Crippen LogP contribution is 2.19. The van der Waals surface area contributed by atoms with Gasteiger partial charge < -0.3 is 0 Å². The molecule has 0 spiro atoms. The zero-order chi connectivity index (χ0) is 10.8. The minimum atomic E-state index is 0.252. The van der Waals surface area contributed by atoms with Gasteiger partial charge in [-0.3, -0.25) is 0 Å². The normalized spacial score (nSPS) is 11.8. The molecule has 0 fully saturated rings. The molecule has 0 bridgehead atoms. The Morgan fingerprint density at radius 3 is 2.43 bits per heavy atom. The molecular weight excluding hydrogens is 240 g/mol. The highest BCUT2D eigenvalue weighted by atomic mass is 79.9. The molecule has 1 aromatic rings. The lowest BCUT2D eigenvalue weighted by Gasteiger charge is -2.17. The number of nitrogens with zero attached hydrogens (tertiary/aromatic N) is 2. The van der Waals surface area contributed by atoms with Gasteiger partial charge >= 0.3 is 0 Å². The number of hydrogen-bond acceptors (Lipinski definition) is 2. The Balaban J connectivity index is 2.87. The SMILES string of the molecule is Cc1nc(CC(C)(C)C)ncc1CBr. The van der Waals surface area contributed by atoms with E-state index in [9.17, 15) is 0 Å². The summed E-state index contributed by atoms with van der Waals surface area (Å²) in [6, 6.07) is 0. The fraction of sp³-hybridized carbons (Fsp3) is 0.636. The molecule has 1 aromatic heterocycles. The van der Waals surface area contributed by atoms with Crippen molar-refractivity contribution in [2.45, 2.75) is 39.4 Å². The van der Waals surface area contributed by atoms with Crippen molar-refractivity contribution in [3.05, 3.63) is 23.3 Å². The third kappa shape index (κ3) is 3.37. The molecule has 0 aliphatic carbocycles. The van der Waals surface area contributed by atoms with Crippen LogP contribution in [0.25, 0.3) is 0 Å². The van der Waals surface area contributed by atoms with E-state index in [1.807, 2.05) is 13.1 Å². The Labute approximate surface area is 94.3 Å². The summed E-state index contributed by atoms with van der Waals surface area (Å²) in [6.45, 7) is 8.63. The number of alkyl halides is 1. The van der Waals surface area contributed by atoms with Crippen molar-refractivity contribution in [2.24, 2.45) is 5.41 Å². The lowest BCUT2D eigenvalue weighted by Crippen LogP contribution is -2.12. The summed E-state index contributed by atoms with van der Waals surface area (Å²) >= 11 is 3.41. The summed E-state index contributed by atoms with van der Waals surface area (Å²) in [4.78, 5) is 8.84. The largest absolute Gasteiger partial charge is 0.241 e. The fourth-order valence-electron chi connectivity index (χ4n) is 1.23. The molecule has 1 heterocycles. The van der Waals surface area contributed by atoms with Crippen LogP contribution in [0.4, 0.5) is 0 Å². The van der Waals surface area contributed by atoms with Gasteiger partial charge in [0.05, 0.1) is 0 Å². The molecule has 0 saturated heterocycles. The molecule has 78 valence electrons. The summed E-state index contributed by atoms with van der Waals surface area (Å²) < 4.78 is 0. The van der Waals surface area contributed by atoms with E-state index in [1.165, 1.54) is 5.56 Å². The average Bonchev–Trinajstić information content (AvgIpc) is 2.01. The first-order valence-corrected chi connectivity index (χ1v) is 5.92. The van der Waals surface area contributed by atoms with Crippen molar-refractivity contribution in [1.82, 2.24) is 9.97 Å². The van der Waals surface area contributed by atoms with Crippen molar-refractivity contribution in [3.8, 4) is 0 Å². The van der Waals surface area contributed by atoms with Gasteiger partial charge in [-0.2, -0.15) is 0 Å². The van der Waals surface area contributed by atoms with Gasteiger partial charge in [0, 0.05) is 29.2 Å². The van der Waals surface area contributed by atoms with E-state index < -0.39 is 0 Å². The fourth-order valence-corrected chi connectivity index (χ4v) is 1.78. The maximum atomic E-state index is 4.49. The monoisotopic (exact) mass is 256 g/mol. The summed E-state index contributed by atoms with van der Waals surface area (Å²) in [7, 11) is 0. The second-order valence-electron chi connectivity index (χ2n) is 4.77. The quantitative estimate of drug-likeness (QED) is 0.760. The van der Waals surface area contributed by atoms with E-state index in [0.29, 0.717) is 0 Å². The smallest absolute Gasteiger partial charge is 0.129 e. The van der Waals surface area contributed by atoms with E-state index >= 15 is 0 Å². The second-order valence-corrected chi connectivity index (χ2v) is 5.33. The highest BCUT2D eigenvalue weighted by molar-refractivity contribution is 9.08. The Morgan fingerprint density at radius 1 is 1.36 bits per heavy atom. The predicted octanol–water partition coefficient (Wildman–Crippen LogP) is 3.27. The van der Waals surface area contributed by atoms with Gasteiger partial charge in [0.1, 0.15) is 5.82 Å². The topological polar surface area (TPSA) is 25.8 Å². The highest BCUT2D eigenvalue weighted by Gasteiger charge is 2.13. The Morgan fingerprint density at radius 2 is 2.00 bits per heavy atom. The van der Waals surface area contributed by atoms with Crippen LogP contribution in [-0.2, 0) is 11.8 Å². The zero-order valence-corrected chi connectivity index (χ0v) is 10.8. The van der Waals surface area contributed by atoms with Crippen molar-refractivity contribution in [1.29, 1.82) is 0 Å². The first-order valence-electron chi connectivity index (χ1n) is 4.80.